The molecule has 18 heavy (non-hydrogen) atoms. The lowest BCUT2D eigenvalue weighted by Crippen LogP contribution is -2.17. The number of benzene rings is 1. The van der Waals surface area contributed by atoms with Crippen molar-refractivity contribution in [2.75, 3.05) is 0 Å². The van der Waals surface area contributed by atoms with Gasteiger partial charge < -0.3 is 4.89 Å². The molecule has 0 bridgehead atoms. The predicted octanol–water partition coefficient (Wildman–Crippen LogP) is 3.68. The number of hydrogen-bond acceptors (Lipinski definition) is 3. The zero-order valence-electron chi connectivity index (χ0n) is 11.9. The minimum absolute atomic E-state index is 0.0260. The molecule has 0 spiro atoms. The maximum absolute atomic E-state index is 10.7. The van der Waals surface area contributed by atoms with Crippen LogP contribution in [0.4, 0.5) is 0 Å². The van der Waals surface area contributed by atoms with E-state index in [1.807, 2.05) is 32.9 Å². The highest BCUT2D eigenvalue weighted by Crippen LogP contribution is 2.37. The Bertz CT molecular complexity index is 453. The van der Waals surface area contributed by atoms with Gasteiger partial charge in [-0.15, -0.1) is 0 Å². The minimum atomic E-state index is -2.88. The van der Waals surface area contributed by atoms with Gasteiger partial charge in [0, 0.05) is 5.56 Å². The van der Waals surface area contributed by atoms with Crippen LogP contribution in [0.25, 0.3) is 0 Å². The fourth-order valence-electron chi connectivity index (χ4n) is 1.74. The maximum atomic E-state index is 10.7. The molecule has 0 radical (unpaired) electrons. The van der Waals surface area contributed by atoms with Crippen molar-refractivity contribution in [2.45, 2.75) is 52.4 Å². The van der Waals surface area contributed by atoms with E-state index in [-0.39, 0.29) is 10.8 Å². The summed E-state index contributed by atoms with van der Waals surface area (Å²) in [5.41, 5.74) is 1.94. The second-order valence-electron chi connectivity index (χ2n) is 6.53. The van der Waals surface area contributed by atoms with Gasteiger partial charge in [0.1, 0.15) is 0 Å². The van der Waals surface area contributed by atoms with Gasteiger partial charge in [-0.1, -0.05) is 53.7 Å². The van der Waals surface area contributed by atoms with Crippen molar-refractivity contribution in [3.05, 3.63) is 29.3 Å². The molecular formula is C14H21O3P. The summed E-state index contributed by atoms with van der Waals surface area (Å²) in [6.07, 6.45) is 0. The lowest BCUT2D eigenvalue weighted by Gasteiger charge is -2.25. The SMILES string of the molecule is CC(C)(C)c1ccc(O[P+](=O)[O-])c(C(C)(C)C)c1. The van der Waals surface area contributed by atoms with Gasteiger partial charge in [0.25, 0.3) is 0 Å². The summed E-state index contributed by atoms with van der Waals surface area (Å²) < 4.78 is 15.6. The molecule has 1 aromatic rings. The van der Waals surface area contributed by atoms with E-state index in [9.17, 15) is 9.46 Å². The molecule has 1 atom stereocenters. The van der Waals surface area contributed by atoms with E-state index >= 15 is 0 Å². The van der Waals surface area contributed by atoms with Crippen LogP contribution >= 0.6 is 8.25 Å². The third-order valence-electron chi connectivity index (χ3n) is 2.83. The Morgan fingerprint density at radius 2 is 1.61 bits per heavy atom. The van der Waals surface area contributed by atoms with E-state index in [0.717, 1.165) is 5.56 Å². The van der Waals surface area contributed by atoms with Gasteiger partial charge in [-0.2, -0.15) is 0 Å². The lowest BCUT2D eigenvalue weighted by atomic mass is 9.80. The third kappa shape index (κ3) is 3.79. The van der Waals surface area contributed by atoms with Crippen LogP contribution in [-0.2, 0) is 15.4 Å². The van der Waals surface area contributed by atoms with Gasteiger partial charge in [0.15, 0.2) is 5.75 Å². The fourth-order valence-corrected chi connectivity index (χ4v) is 2.06. The molecule has 0 aliphatic carbocycles. The molecule has 0 aromatic heterocycles. The van der Waals surface area contributed by atoms with Gasteiger partial charge in [-0.25, -0.2) is 0 Å². The van der Waals surface area contributed by atoms with Gasteiger partial charge in [0.2, 0.25) is 0 Å². The summed E-state index contributed by atoms with van der Waals surface area (Å²) in [6.45, 7) is 12.5. The van der Waals surface area contributed by atoms with Crippen LogP contribution in [-0.4, -0.2) is 0 Å². The summed E-state index contributed by atoms with van der Waals surface area (Å²) in [6, 6.07) is 5.70. The van der Waals surface area contributed by atoms with Crippen molar-refractivity contribution in [3.8, 4) is 5.75 Å². The van der Waals surface area contributed by atoms with Crippen LogP contribution in [0.15, 0.2) is 18.2 Å². The van der Waals surface area contributed by atoms with Crippen molar-refractivity contribution in [1.82, 2.24) is 0 Å². The van der Waals surface area contributed by atoms with Crippen molar-refractivity contribution in [2.24, 2.45) is 0 Å². The van der Waals surface area contributed by atoms with Crippen LogP contribution in [0, 0.1) is 0 Å². The van der Waals surface area contributed by atoms with Crippen molar-refractivity contribution >= 4 is 8.25 Å². The van der Waals surface area contributed by atoms with E-state index in [1.165, 1.54) is 5.56 Å². The fraction of sp³-hybridized carbons (Fsp3) is 0.571. The van der Waals surface area contributed by atoms with Crippen LogP contribution in [0.1, 0.15) is 52.7 Å². The Kier molecular flexibility index (Phi) is 4.19. The van der Waals surface area contributed by atoms with Gasteiger partial charge in [0.05, 0.1) is 0 Å². The summed E-state index contributed by atoms with van der Waals surface area (Å²) in [4.78, 5) is 10.7. The average Bonchev–Trinajstić information content (AvgIpc) is 2.13. The first-order valence-electron chi connectivity index (χ1n) is 5.99. The normalized spacial score (nSPS) is 13.4. The zero-order valence-corrected chi connectivity index (χ0v) is 12.8. The second-order valence-corrected chi connectivity index (χ2v) is 7.16. The topological polar surface area (TPSA) is 49.4 Å². The average molecular weight is 268 g/mol. The van der Waals surface area contributed by atoms with Crippen LogP contribution in [0.2, 0.25) is 0 Å². The van der Waals surface area contributed by atoms with Gasteiger partial charge in [-0.3, -0.25) is 4.52 Å². The van der Waals surface area contributed by atoms with Crippen LogP contribution in [0.5, 0.6) is 5.75 Å². The molecule has 0 amide bonds. The first-order chi connectivity index (χ1) is 8.01. The molecule has 1 rings (SSSR count). The van der Waals surface area contributed by atoms with Gasteiger partial charge >= 0.3 is 8.25 Å². The minimum Gasteiger partial charge on any atom is -0.558 e. The molecule has 0 saturated heterocycles. The van der Waals surface area contributed by atoms with E-state index in [0.29, 0.717) is 5.75 Å². The van der Waals surface area contributed by atoms with Gasteiger partial charge in [-0.05, 0) is 27.0 Å². The van der Waals surface area contributed by atoms with Crippen molar-refractivity contribution in [3.63, 3.8) is 0 Å². The summed E-state index contributed by atoms with van der Waals surface area (Å²) in [5, 5.41) is 0. The van der Waals surface area contributed by atoms with Crippen LogP contribution in [0.3, 0.4) is 0 Å². The molecule has 1 unspecified atom stereocenters. The molecule has 4 heteroatoms. The predicted molar refractivity (Wildman–Crippen MR) is 72.1 cm³/mol. The highest BCUT2D eigenvalue weighted by atomic mass is 31.1. The summed E-state index contributed by atoms with van der Waals surface area (Å²) in [5.74, 6) is 0.423. The van der Waals surface area contributed by atoms with E-state index in [4.69, 9.17) is 4.52 Å². The Morgan fingerprint density at radius 1 is 1.06 bits per heavy atom. The molecule has 100 valence electrons. The molecule has 0 aliphatic heterocycles. The quantitative estimate of drug-likeness (QED) is 0.769. The van der Waals surface area contributed by atoms with Crippen LogP contribution < -0.4 is 9.42 Å². The zero-order chi connectivity index (χ0) is 14.1. The molecular weight excluding hydrogens is 247 g/mol. The molecule has 0 aliphatic rings. The first-order valence-corrected chi connectivity index (χ1v) is 7.09. The summed E-state index contributed by atoms with van der Waals surface area (Å²) >= 11 is 0. The standard InChI is InChI=1S/C14H21O3P/c1-13(2,3)10-7-8-12(17-18(15)16)11(9-10)14(4,5)6/h7-9H,1-6H3. The van der Waals surface area contributed by atoms with Crippen molar-refractivity contribution < 1.29 is 14.0 Å². The molecule has 0 fully saturated rings. The number of rotatable bonds is 2. The monoisotopic (exact) mass is 268 g/mol. The Morgan fingerprint density at radius 3 is 2.00 bits per heavy atom. The lowest BCUT2D eigenvalue weighted by molar-refractivity contribution is -0.178. The van der Waals surface area contributed by atoms with E-state index < -0.39 is 8.25 Å². The Labute approximate surface area is 110 Å². The molecule has 3 nitrogen and oxygen atoms in total. The molecule has 0 N–H and O–H groups in total. The molecule has 0 saturated carbocycles. The summed E-state index contributed by atoms with van der Waals surface area (Å²) in [7, 11) is -2.88. The highest BCUT2D eigenvalue weighted by molar-refractivity contribution is 7.31. The van der Waals surface area contributed by atoms with E-state index in [2.05, 4.69) is 20.8 Å². The Balaban J connectivity index is 3.34. The molecule has 0 heterocycles. The van der Waals surface area contributed by atoms with E-state index in [1.54, 1.807) is 6.07 Å². The second kappa shape index (κ2) is 4.99. The smallest absolute Gasteiger partial charge is 0.539 e. The highest BCUT2D eigenvalue weighted by Gasteiger charge is 2.25. The first kappa shape index (κ1) is 15.1. The maximum Gasteiger partial charge on any atom is 0.539 e. The third-order valence-corrected chi connectivity index (χ3v) is 3.17. The molecule has 1 aromatic carbocycles. The Hall–Kier alpha value is -0.920. The largest absolute Gasteiger partial charge is 0.558 e. The van der Waals surface area contributed by atoms with Crippen molar-refractivity contribution in [1.29, 1.82) is 0 Å². The number of hydrogen-bond donors (Lipinski definition) is 0.